The van der Waals surface area contributed by atoms with E-state index in [9.17, 15) is 14.4 Å². The van der Waals surface area contributed by atoms with Crippen molar-refractivity contribution in [2.45, 2.75) is 65.0 Å². The molecule has 40 heavy (non-hydrogen) atoms. The summed E-state index contributed by atoms with van der Waals surface area (Å²) in [5.41, 5.74) is 1.32. The van der Waals surface area contributed by atoms with Crippen molar-refractivity contribution in [3.63, 3.8) is 0 Å². The lowest BCUT2D eigenvalue weighted by Gasteiger charge is -2.26. The highest BCUT2D eigenvalue weighted by Crippen LogP contribution is 2.28. The molecule has 1 aliphatic heterocycles. The highest BCUT2D eigenvalue weighted by Gasteiger charge is 2.20. The molecule has 3 heterocycles. The fourth-order valence-corrected chi connectivity index (χ4v) is 4.83. The van der Waals surface area contributed by atoms with Crippen molar-refractivity contribution in [1.82, 2.24) is 20.5 Å². The van der Waals surface area contributed by atoms with Gasteiger partial charge in [0, 0.05) is 36.6 Å². The molecule has 1 saturated heterocycles. The summed E-state index contributed by atoms with van der Waals surface area (Å²) >= 11 is 1.34. The van der Waals surface area contributed by atoms with E-state index >= 15 is 0 Å². The molecule has 4 N–H and O–H groups in total. The van der Waals surface area contributed by atoms with E-state index < -0.39 is 17.6 Å². The minimum atomic E-state index is -0.638. The third-order valence-electron chi connectivity index (χ3n) is 6.13. The van der Waals surface area contributed by atoms with Crippen LogP contribution in [0.4, 0.5) is 21.0 Å². The average molecular weight is 575 g/mol. The number of pyridine rings is 1. The maximum absolute atomic E-state index is 12.9. The molecule has 0 radical (unpaired) electrons. The number of aromatic nitrogens is 1. The van der Waals surface area contributed by atoms with E-state index in [-0.39, 0.29) is 17.8 Å². The normalized spacial score (nSPS) is 14.7. The zero-order valence-electron chi connectivity index (χ0n) is 23.9. The molecular weight excluding hydrogens is 532 g/mol. The van der Waals surface area contributed by atoms with Crippen molar-refractivity contribution in [3.8, 4) is 0 Å². The Morgan fingerprint density at radius 2 is 1.82 bits per heavy atom. The minimum absolute atomic E-state index is 0.218. The first-order chi connectivity index (χ1) is 19.1. The van der Waals surface area contributed by atoms with Gasteiger partial charge >= 0.3 is 12.1 Å². The number of carbonyl (C=O) groups excluding carboxylic acids is 3. The smallest absolute Gasteiger partial charge is 0.412 e. The third-order valence-corrected chi connectivity index (χ3v) is 6.87. The highest BCUT2D eigenvalue weighted by molar-refractivity contribution is 7.09. The summed E-state index contributed by atoms with van der Waals surface area (Å²) in [5.74, 6) is -0.409. The largest absolute Gasteiger partial charge is 0.444 e. The van der Waals surface area contributed by atoms with Crippen molar-refractivity contribution in [2.75, 3.05) is 50.0 Å². The van der Waals surface area contributed by atoms with E-state index in [4.69, 9.17) is 9.47 Å². The fraction of sp³-hybridized carbons (Fsp3) is 0.571. The van der Waals surface area contributed by atoms with Crippen molar-refractivity contribution in [3.05, 3.63) is 40.3 Å². The third kappa shape index (κ3) is 10.7. The van der Waals surface area contributed by atoms with Crippen molar-refractivity contribution >= 4 is 40.7 Å². The van der Waals surface area contributed by atoms with Crippen LogP contribution in [0.3, 0.4) is 0 Å². The Bertz CT molecular complexity index is 1100. The number of ether oxygens (including phenoxy) is 2. The van der Waals surface area contributed by atoms with Crippen LogP contribution in [-0.4, -0.2) is 72.9 Å². The number of hydrogen-bond acceptors (Lipinski definition) is 8. The lowest BCUT2D eigenvalue weighted by molar-refractivity contribution is 0.0370. The maximum Gasteiger partial charge on any atom is 0.412 e. The van der Waals surface area contributed by atoms with Crippen molar-refractivity contribution in [2.24, 2.45) is 0 Å². The molecule has 3 rings (SSSR count). The number of unbranched alkanes of at least 4 members (excludes halogenated alkanes) is 1. The lowest BCUT2D eigenvalue weighted by atomic mass is 10.0. The molecule has 12 heteroatoms. The van der Waals surface area contributed by atoms with Crippen LogP contribution in [0.15, 0.2) is 29.1 Å². The van der Waals surface area contributed by atoms with Gasteiger partial charge in [-0.05, 0) is 64.6 Å². The van der Waals surface area contributed by atoms with Gasteiger partial charge in [-0.25, -0.2) is 9.59 Å². The lowest BCUT2D eigenvalue weighted by Crippen LogP contribution is -2.38. The molecule has 1 aliphatic rings. The summed E-state index contributed by atoms with van der Waals surface area (Å²) in [6.07, 6.45) is 4.59. The molecule has 4 amide bonds. The zero-order chi connectivity index (χ0) is 29.0. The molecule has 2 aromatic heterocycles. The quantitative estimate of drug-likeness (QED) is 0.262. The van der Waals surface area contributed by atoms with Gasteiger partial charge in [-0.2, -0.15) is 0 Å². The first-order valence-corrected chi connectivity index (χ1v) is 14.8. The summed E-state index contributed by atoms with van der Waals surface area (Å²) in [6, 6.07) is 3.02. The molecule has 220 valence electrons. The van der Waals surface area contributed by atoms with Crippen LogP contribution >= 0.6 is 11.3 Å². The standard InChI is InChI=1S/C28H42N6O5S/c1-5-11-29-26(36)32-21(8-6-7-12-34-13-15-38-16-14-34)20-9-10-22(30-17-20)25(35)31-23-18-40-19-24(23)33-27(37)39-28(2,3)4/h9-10,17-19,21H,5-8,11-16H2,1-4H3,(H,31,35)(H,33,37)(H2,29,32,36). The zero-order valence-corrected chi connectivity index (χ0v) is 24.7. The van der Waals surface area contributed by atoms with E-state index in [0.29, 0.717) is 17.9 Å². The van der Waals surface area contributed by atoms with Gasteiger partial charge in [-0.1, -0.05) is 13.0 Å². The van der Waals surface area contributed by atoms with E-state index in [1.807, 2.05) is 13.0 Å². The molecule has 0 spiro atoms. The molecule has 0 saturated carbocycles. The van der Waals surface area contributed by atoms with E-state index in [0.717, 1.165) is 64.1 Å². The van der Waals surface area contributed by atoms with Crippen LogP contribution < -0.4 is 21.3 Å². The number of anilines is 2. The topological polar surface area (TPSA) is 134 Å². The number of nitrogens with one attached hydrogen (secondary N) is 4. The number of rotatable bonds is 12. The number of carbonyl (C=O) groups is 3. The molecule has 1 unspecified atom stereocenters. The number of amides is 4. The highest BCUT2D eigenvalue weighted by atomic mass is 32.1. The van der Waals surface area contributed by atoms with Crippen molar-refractivity contribution < 1.29 is 23.9 Å². The second-order valence-electron chi connectivity index (χ2n) is 10.7. The minimum Gasteiger partial charge on any atom is -0.444 e. The number of urea groups is 1. The molecular formula is C28H42N6O5S. The molecule has 1 atom stereocenters. The van der Waals surface area contributed by atoms with Crippen LogP contribution in [0, 0.1) is 0 Å². The Balaban J connectivity index is 1.60. The predicted molar refractivity (Wildman–Crippen MR) is 157 cm³/mol. The van der Waals surface area contributed by atoms with Crippen LogP contribution in [0.2, 0.25) is 0 Å². The van der Waals surface area contributed by atoms with Crippen LogP contribution in [-0.2, 0) is 9.47 Å². The molecule has 0 aromatic carbocycles. The average Bonchev–Trinajstić information content (AvgIpc) is 3.34. The van der Waals surface area contributed by atoms with Gasteiger partial charge in [-0.15, -0.1) is 11.3 Å². The van der Waals surface area contributed by atoms with Gasteiger partial charge in [0.15, 0.2) is 0 Å². The number of thiophene rings is 1. The van der Waals surface area contributed by atoms with Gasteiger partial charge in [-0.3, -0.25) is 20.0 Å². The fourth-order valence-electron chi connectivity index (χ4n) is 4.11. The molecule has 11 nitrogen and oxygen atoms in total. The molecule has 0 aliphatic carbocycles. The molecule has 2 aromatic rings. The Morgan fingerprint density at radius 1 is 1.10 bits per heavy atom. The SMILES string of the molecule is CCCNC(=O)NC(CCCCN1CCOCC1)c1ccc(C(=O)Nc2cscc2NC(=O)OC(C)(C)C)nc1. The van der Waals surface area contributed by atoms with Gasteiger partial charge in [0.25, 0.3) is 5.91 Å². The van der Waals surface area contributed by atoms with Crippen LogP contribution in [0.1, 0.15) is 75.5 Å². The van der Waals surface area contributed by atoms with Gasteiger partial charge in [0.05, 0.1) is 30.6 Å². The second kappa shape index (κ2) is 15.5. The summed E-state index contributed by atoms with van der Waals surface area (Å²) in [7, 11) is 0. The maximum atomic E-state index is 12.9. The first-order valence-electron chi connectivity index (χ1n) is 13.8. The van der Waals surface area contributed by atoms with E-state index in [2.05, 4.69) is 31.2 Å². The van der Waals surface area contributed by atoms with Crippen molar-refractivity contribution in [1.29, 1.82) is 0 Å². The predicted octanol–water partition coefficient (Wildman–Crippen LogP) is 5.00. The number of hydrogen-bond donors (Lipinski definition) is 4. The summed E-state index contributed by atoms with van der Waals surface area (Å²) in [6.45, 7) is 12.4. The number of nitrogens with zero attached hydrogens (tertiary/aromatic N) is 2. The van der Waals surface area contributed by atoms with Gasteiger partial charge in [0.1, 0.15) is 11.3 Å². The van der Waals surface area contributed by atoms with E-state index in [1.54, 1.807) is 43.8 Å². The van der Waals surface area contributed by atoms with Gasteiger partial charge in [0.2, 0.25) is 0 Å². The van der Waals surface area contributed by atoms with Crippen LogP contribution in [0.25, 0.3) is 0 Å². The Labute approximate surface area is 240 Å². The first kappa shape index (κ1) is 31.3. The Hall–Kier alpha value is -3.22. The monoisotopic (exact) mass is 574 g/mol. The Morgan fingerprint density at radius 3 is 2.48 bits per heavy atom. The number of morpholine rings is 1. The summed E-state index contributed by atoms with van der Waals surface area (Å²) < 4.78 is 10.7. The van der Waals surface area contributed by atoms with Crippen LogP contribution in [0.5, 0.6) is 0 Å². The molecule has 1 fully saturated rings. The summed E-state index contributed by atoms with van der Waals surface area (Å²) in [4.78, 5) is 44.3. The molecule has 0 bridgehead atoms. The summed E-state index contributed by atoms with van der Waals surface area (Å²) in [5, 5.41) is 14.8. The van der Waals surface area contributed by atoms with Gasteiger partial charge < -0.3 is 25.4 Å². The Kier molecular flexibility index (Phi) is 12.2. The van der Waals surface area contributed by atoms with E-state index in [1.165, 1.54) is 11.3 Å². The second-order valence-corrected chi connectivity index (χ2v) is 11.4.